The van der Waals surface area contributed by atoms with Crippen molar-refractivity contribution >= 4 is 28.3 Å². The van der Waals surface area contributed by atoms with Crippen molar-refractivity contribution < 1.29 is 8.78 Å². The molecule has 0 saturated carbocycles. The molecular weight excluding hydrogens is 361 g/mol. The molecule has 100 valence electrons. The summed E-state index contributed by atoms with van der Waals surface area (Å²) >= 11 is 2.08. The van der Waals surface area contributed by atoms with Gasteiger partial charge < -0.3 is 5.32 Å². The molecule has 1 N–H and O–H groups in total. The lowest BCUT2D eigenvalue weighted by Gasteiger charge is -2.18. The van der Waals surface area contributed by atoms with E-state index < -0.39 is 0 Å². The average Bonchev–Trinajstić information content (AvgIpc) is 2.39. The molecule has 1 unspecified atom stereocenters. The van der Waals surface area contributed by atoms with Gasteiger partial charge in [-0.2, -0.15) is 0 Å². The van der Waals surface area contributed by atoms with Crippen molar-refractivity contribution in [1.82, 2.24) is 4.98 Å². The number of benzene rings is 1. The molecule has 2 aromatic rings. The van der Waals surface area contributed by atoms with E-state index in [9.17, 15) is 8.78 Å². The van der Waals surface area contributed by atoms with Gasteiger partial charge in [-0.05, 0) is 59.3 Å². The van der Waals surface area contributed by atoms with Gasteiger partial charge in [0.15, 0.2) is 0 Å². The van der Waals surface area contributed by atoms with E-state index in [1.54, 1.807) is 12.1 Å². The maximum absolute atomic E-state index is 13.0. The molecule has 0 spiro atoms. The van der Waals surface area contributed by atoms with Crippen LogP contribution in [0.4, 0.5) is 14.5 Å². The van der Waals surface area contributed by atoms with E-state index in [0.29, 0.717) is 0 Å². The lowest BCUT2D eigenvalue weighted by atomic mass is 10.1. The highest BCUT2D eigenvalue weighted by molar-refractivity contribution is 14.1. The van der Waals surface area contributed by atoms with Gasteiger partial charge in [0.1, 0.15) is 11.6 Å². The van der Waals surface area contributed by atoms with Crippen molar-refractivity contribution in [1.29, 1.82) is 0 Å². The van der Waals surface area contributed by atoms with Crippen molar-refractivity contribution in [3.63, 3.8) is 0 Å². The highest BCUT2D eigenvalue weighted by Gasteiger charge is 2.12. The maximum Gasteiger partial charge on any atom is 0.141 e. The zero-order chi connectivity index (χ0) is 13.8. The van der Waals surface area contributed by atoms with E-state index >= 15 is 0 Å². The number of pyridine rings is 1. The van der Waals surface area contributed by atoms with Crippen LogP contribution >= 0.6 is 22.6 Å². The Morgan fingerprint density at radius 1 is 1.21 bits per heavy atom. The Labute approximate surface area is 124 Å². The number of halogens is 3. The topological polar surface area (TPSA) is 24.9 Å². The number of anilines is 1. The van der Waals surface area contributed by atoms with Gasteiger partial charge in [-0.15, -0.1) is 0 Å². The smallest absolute Gasteiger partial charge is 0.141 e. The zero-order valence-corrected chi connectivity index (χ0v) is 12.5. The molecule has 0 aliphatic rings. The first-order chi connectivity index (χ1) is 9.10. The van der Waals surface area contributed by atoms with Crippen molar-refractivity contribution in [2.75, 3.05) is 5.32 Å². The first-order valence-corrected chi connectivity index (χ1v) is 7.01. The van der Waals surface area contributed by atoms with Crippen molar-refractivity contribution in [3.8, 4) is 0 Å². The normalized spacial score (nSPS) is 12.2. The van der Waals surface area contributed by atoms with Gasteiger partial charge in [-0.3, -0.25) is 4.98 Å². The Hall–Kier alpha value is -1.24. The quantitative estimate of drug-likeness (QED) is 0.796. The fourth-order valence-corrected chi connectivity index (χ4v) is 2.41. The Bertz CT molecular complexity index is 558. The largest absolute Gasteiger partial charge is 0.376 e. The number of nitrogens with one attached hydrogen (secondary N) is 1. The van der Waals surface area contributed by atoms with Crippen LogP contribution in [0.2, 0.25) is 0 Å². The molecule has 2 rings (SSSR count). The molecule has 2 nitrogen and oxygen atoms in total. The summed E-state index contributed by atoms with van der Waals surface area (Å²) in [7, 11) is 0. The Morgan fingerprint density at radius 3 is 2.53 bits per heavy atom. The summed E-state index contributed by atoms with van der Waals surface area (Å²) in [4.78, 5) is 4.08. The summed E-state index contributed by atoms with van der Waals surface area (Å²) in [5.74, 6) is -0.613. The van der Waals surface area contributed by atoms with E-state index in [2.05, 4.69) is 32.9 Å². The monoisotopic (exact) mass is 374 g/mol. The number of hydrogen-bond acceptors (Lipinski definition) is 2. The van der Waals surface area contributed by atoms with Gasteiger partial charge in [-0.25, -0.2) is 8.78 Å². The van der Waals surface area contributed by atoms with Gasteiger partial charge in [0, 0.05) is 9.26 Å². The first kappa shape index (κ1) is 14.2. The summed E-state index contributed by atoms with van der Waals surface area (Å²) in [5.41, 5.74) is 1.61. The number of hydrogen-bond donors (Lipinski definition) is 1. The van der Waals surface area contributed by atoms with E-state index in [1.807, 2.05) is 6.92 Å². The van der Waals surface area contributed by atoms with Gasteiger partial charge in [0.05, 0.1) is 17.9 Å². The fourth-order valence-electron chi connectivity index (χ4n) is 1.77. The third-order valence-corrected chi connectivity index (χ3v) is 3.67. The lowest BCUT2D eigenvalue weighted by Crippen LogP contribution is -2.12. The van der Waals surface area contributed by atoms with Crippen molar-refractivity contribution in [2.24, 2.45) is 0 Å². The molecule has 0 radical (unpaired) electrons. The van der Waals surface area contributed by atoms with Gasteiger partial charge in [0.25, 0.3) is 0 Å². The predicted octanol–water partition coefficient (Wildman–Crippen LogP) is 4.53. The van der Waals surface area contributed by atoms with Crippen LogP contribution in [0.25, 0.3) is 0 Å². The molecule has 1 heterocycles. The van der Waals surface area contributed by atoms with Crippen LogP contribution in [0, 0.1) is 15.2 Å². The molecule has 0 amide bonds. The van der Waals surface area contributed by atoms with Crippen LogP contribution in [0.5, 0.6) is 0 Å². The molecular formula is C14H13F2IN2. The minimum atomic E-state index is -0.352. The SMILES string of the molecule is CCC(Nc1ccc(F)cc1I)c1ccc(F)cn1. The molecule has 0 aliphatic carbocycles. The van der Waals surface area contributed by atoms with E-state index in [4.69, 9.17) is 0 Å². The van der Waals surface area contributed by atoms with Crippen LogP contribution < -0.4 is 5.32 Å². The minimum absolute atomic E-state index is 0.0282. The molecule has 1 aromatic heterocycles. The molecule has 0 bridgehead atoms. The maximum atomic E-state index is 13.0. The van der Waals surface area contributed by atoms with Crippen molar-refractivity contribution in [2.45, 2.75) is 19.4 Å². The average molecular weight is 374 g/mol. The van der Waals surface area contributed by atoms with Crippen molar-refractivity contribution in [3.05, 3.63) is 57.4 Å². The highest BCUT2D eigenvalue weighted by atomic mass is 127. The predicted molar refractivity (Wildman–Crippen MR) is 80.0 cm³/mol. The molecule has 0 saturated heterocycles. The standard InChI is InChI=1S/C14H13F2IN2/c1-2-12(14-6-4-10(16)8-18-14)19-13-5-3-9(15)7-11(13)17/h3-8,12,19H,2H2,1H3. The number of aromatic nitrogens is 1. The minimum Gasteiger partial charge on any atom is -0.376 e. The second-order valence-corrected chi connectivity index (χ2v) is 5.29. The Kier molecular flexibility index (Phi) is 4.68. The third kappa shape index (κ3) is 3.62. The van der Waals surface area contributed by atoms with Crippen LogP contribution in [0.15, 0.2) is 36.5 Å². The summed E-state index contributed by atoms with van der Waals surface area (Å²) in [6, 6.07) is 7.60. The fraction of sp³-hybridized carbons (Fsp3) is 0.214. The summed E-state index contributed by atoms with van der Waals surface area (Å²) < 4.78 is 26.7. The van der Waals surface area contributed by atoms with E-state index in [-0.39, 0.29) is 17.7 Å². The summed E-state index contributed by atoms with van der Waals surface area (Å²) in [6.07, 6.45) is 2.00. The van der Waals surface area contributed by atoms with E-state index in [0.717, 1.165) is 21.4 Å². The number of rotatable bonds is 4. The Balaban J connectivity index is 2.21. The second-order valence-electron chi connectivity index (χ2n) is 4.13. The van der Waals surface area contributed by atoms with E-state index in [1.165, 1.54) is 24.4 Å². The summed E-state index contributed by atoms with van der Waals surface area (Å²) in [6.45, 7) is 2.01. The van der Waals surface area contributed by atoms with Gasteiger partial charge in [-0.1, -0.05) is 6.92 Å². The van der Waals surface area contributed by atoms with Gasteiger partial charge >= 0.3 is 0 Å². The molecule has 0 aliphatic heterocycles. The Morgan fingerprint density at radius 2 is 1.95 bits per heavy atom. The summed E-state index contributed by atoms with van der Waals surface area (Å²) in [5, 5.41) is 3.30. The molecule has 1 atom stereocenters. The molecule has 5 heteroatoms. The third-order valence-electron chi connectivity index (χ3n) is 2.78. The number of nitrogens with zero attached hydrogens (tertiary/aromatic N) is 1. The molecule has 0 fully saturated rings. The van der Waals surface area contributed by atoms with Crippen LogP contribution in [-0.4, -0.2) is 4.98 Å². The van der Waals surface area contributed by atoms with Gasteiger partial charge in [0.2, 0.25) is 0 Å². The first-order valence-electron chi connectivity index (χ1n) is 5.93. The molecule has 1 aromatic carbocycles. The second kappa shape index (κ2) is 6.27. The van der Waals surface area contributed by atoms with Crippen LogP contribution in [0.1, 0.15) is 25.1 Å². The highest BCUT2D eigenvalue weighted by Crippen LogP contribution is 2.25. The lowest BCUT2D eigenvalue weighted by molar-refractivity contribution is 0.614. The molecule has 19 heavy (non-hydrogen) atoms. The van der Waals surface area contributed by atoms with Crippen LogP contribution in [0.3, 0.4) is 0 Å². The van der Waals surface area contributed by atoms with Crippen LogP contribution in [-0.2, 0) is 0 Å². The zero-order valence-electron chi connectivity index (χ0n) is 10.3.